The van der Waals surface area contributed by atoms with E-state index in [4.69, 9.17) is 0 Å². The van der Waals surface area contributed by atoms with Crippen molar-refractivity contribution in [1.82, 2.24) is 10.6 Å². The van der Waals surface area contributed by atoms with Crippen LogP contribution < -0.4 is 10.6 Å². The molecular formula is C5H7FN2O2. The Morgan fingerprint density at radius 1 is 1.60 bits per heavy atom. The van der Waals surface area contributed by atoms with E-state index in [1.165, 1.54) is 7.05 Å². The molecule has 0 aliphatic carbocycles. The van der Waals surface area contributed by atoms with Gasteiger partial charge >= 0.3 is 0 Å². The maximum absolute atomic E-state index is 12.2. The first-order valence-electron chi connectivity index (χ1n) is 2.49. The minimum absolute atomic E-state index is 0.116. The van der Waals surface area contributed by atoms with Crippen LogP contribution in [-0.2, 0) is 9.59 Å². The largest absolute Gasteiger partial charge is 0.391 e. The van der Waals surface area contributed by atoms with Crippen molar-refractivity contribution in [2.24, 2.45) is 0 Å². The highest BCUT2D eigenvalue weighted by Gasteiger charge is 2.04. The predicted octanol–water partition coefficient (Wildman–Crippen LogP) is -0.711. The van der Waals surface area contributed by atoms with Crippen LogP contribution in [-0.4, -0.2) is 19.4 Å². The number of hydrogen-bond donors (Lipinski definition) is 2. The van der Waals surface area contributed by atoms with E-state index in [1.54, 1.807) is 5.32 Å². The fourth-order valence-electron chi connectivity index (χ4n) is 0.315. The number of rotatable bonds is 3. The highest BCUT2D eigenvalue weighted by atomic mass is 19.1. The molecule has 2 amide bonds. The van der Waals surface area contributed by atoms with Crippen LogP contribution in [0.3, 0.4) is 0 Å². The molecule has 0 spiro atoms. The Balaban J connectivity index is 3.93. The van der Waals surface area contributed by atoms with Crippen LogP contribution in [0.4, 0.5) is 4.39 Å². The van der Waals surface area contributed by atoms with E-state index in [-0.39, 0.29) is 6.41 Å². The first-order valence-corrected chi connectivity index (χ1v) is 2.49. The van der Waals surface area contributed by atoms with Crippen LogP contribution in [0.5, 0.6) is 0 Å². The van der Waals surface area contributed by atoms with E-state index < -0.39 is 11.7 Å². The van der Waals surface area contributed by atoms with Gasteiger partial charge in [-0.15, -0.1) is 0 Å². The van der Waals surface area contributed by atoms with Crippen LogP contribution in [0, 0.1) is 0 Å². The molecule has 0 saturated heterocycles. The van der Waals surface area contributed by atoms with Gasteiger partial charge in [-0.1, -0.05) is 0 Å². The van der Waals surface area contributed by atoms with Crippen molar-refractivity contribution in [2.45, 2.75) is 0 Å². The summed E-state index contributed by atoms with van der Waals surface area (Å²) < 4.78 is 12.2. The predicted molar refractivity (Wildman–Crippen MR) is 32.5 cm³/mol. The van der Waals surface area contributed by atoms with Crippen LogP contribution in [0.15, 0.2) is 12.0 Å². The second-order valence-electron chi connectivity index (χ2n) is 1.37. The zero-order valence-electron chi connectivity index (χ0n) is 5.35. The summed E-state index contributed by atoms with van der Waals surface area (Å²) in [4.78, 5) is 19.9. The molecule has 0 aliphatic heterocycles. The maximum Gasteiger partial charge on any atom is 0.287 e. The standard InChI is InChI=1S/C5H7FN2O2/c1-7-2-4(6)5(10)8-3-9/h2-3,7H,1H3,(H,8,9,10). The van der Waals surface area contributed by atoms with Crippen LogP contribution >= 0.6 is 0 Å². The summed E-state index contributed by atoms with van der Waals surface area (Å²) >= 11 is 0. The van der Waals surface area contributed by atoms with Crippen LogP contribution in [0.2, 0.25) is 0 Å². The number of hydrogen-bond acceptors (Lipinski definition) is 3. The Kier molecular flexibility index (Phi) is 3.86. The molecule has 0 aliphatic rings. The van der Waals surface area contributed by atoms with Gasteiger partial charge in [0.25, 0.3) is 5.91 Å². The van der Waals surface area contributed by atoms with E-state index in [2.05, 4.69) is 5.32 Å². The van der Waals surface area contributed by atoms with Gasteiger partial charge in [-0.2, -0.15) is 4.39 Å². The van der Waals surface area contributed by atoms with Gasteiger partial charge in [0.15, 0.2) is 0 Å². The Labute approximate surface area is 57.1 Å². The average Bonchev–Trinajstić information content (AvgIpc) is 1.89. The number of amides is 2. The number of halogens is 1. The summed E-state index contributed by atoms with van der Waals surface area (Å²) in [6.07, 6.45) is 0.963. The number of nitrogens with one attached hydrogen (secondary N) is 2. The summed E-state index contributed by atoms with van der Waals surface area (Å²) in [6, 6.07) is 0. The molecule has 0 heterocycles. The fourth-order valence-corrected chi connectivity index (χ4v) is 0.315. The summed E-state index contributed by atoms with van der Waals surface area (Å²) in [7, 11) is 1.44. The number of carbonyl (C=O) groups excluding carboxylic acids is 2. The summed E-state index contributed by atoms with van der Waals surface area (Å²) in [6.45, 7) is 0. The number of carbonyl (C=O) groups is 2. The lowest BCUT2D eigenvalue weighted by molar-refractivity contribution is -0.123. The van der Waals surface area contributed by atoms with E-state index in [0.717, 1.165) is 6.20 Å². The molecule has 0 aromatic heterocycles. The number of imide groups is 1. The van der Waals surface area contributed by atoms with Crippen molar-refractivity contribution in [3.63, 3.8) is 0 Å². The first kappa shape index (κ1) is 8.61. The highest BCUT2D eigenvalue weighted by molar-refractivity contribution is 5.97. The second-order valence-corrected chi connectivity index (χ2v) is 1.37. The Morgan fingerprint density at radius 2 is 2.20 bits per heavy atom. The third-order valence-electron chi connectivity index (χ3n) is 0.678. The van der Waals surface area contributed by atoms with Gasteiger partial charge in [-0.05, 0) is 0 Å². The lowest BCUT2D eigenvalue weighted by Gasteiger charge is -1.92. The average molecular weight is 146 g/mol. The Bertz CT molecular complexity index is 167. The van der Waals surface area contributed by atoms with Gasteiger partial charge in [0.05, 0.1) is 0 Å². The quantitative estimate of drug-likeness (QED) is 0.408. The molecule has 4 nitrogen and oxygen atoms in total. The lowest BCUT2D eigenvalue weighted by Crippen LogP contribution is -2.22. The molecule has 5 heteroatoms. The molecule has 56 valence electrons. The van der Waals surface area contributed by atoms with Gasteiger partial charge in [0.1, 0.15) is 0 Å². The van der Waals surface area contributed by atoms with Crippen LogP contribution in [0.1, 0.15) is 0 Å². The molecule has 0 aromatic rings. The molecule has 0 atom stereocenters. The Hall–Kier alpha value is -1.39. The minimum Gasteiger partial charge on any atom is -0.391 e. The van der Waals surface area contributed by atoms with E-state index in [9.17, 15) is 14.0 Å². The molecular weight excluding hydrogens is 139 g/mol. The molecule has 0 rings (SSSR count). The molecule has 10 heavy (non-hydrogen) atoms. The zero-order chi connectivity index (χ0) is 7.98. The van der Waals surface area contributed by atoms with Crippen molar-refractivity contribution in [2.75, 3.05) is 7.05 Å². The zero-order valence-corrected chi connectivity index (χ0v) is 5.35. The molecule has 0 unspecified atom stereocenters. The van der Waals surface area contributed by atoms with Crippen molar-refractivity contribution >= 4 is 12.3 Å². The topological polar surface area (TPSA) is 58.2 Å². The summed E-state index contributed by atoms with van der Waals surface area (Å²) in [5.41, 5.74) is 0. The summed E-state index contributed by atoms with van der Waals surface area (Å²) in [5, 5.41) is 3.92. The second kappa shape index (κ2) is 4.49. The van der Waals surface area contributed by atoms with Crippen molar-refractivity contribution in [3.8, 4) is 0 Å². The molecule has 0 saturated carbocycles. The molecule has 2 N–H and O–H groups in total. The normalized spacial score (nSPS) is 10.4. The van der Waals surface area contributed by atoms with E-state index in [1.807, 2.05) is 0 Å². The van der Waals surface area contributed by atoms with Crippen molar-refractivity contribution < 1.29 is 14.0 Å². The smallest absolute Gasteiger partial charge is 0.287 e. The van der Waals surface area contributed by atoms with Gasteiger partial charge in [-0.3, -0.25) is 14.9 Å². The monoisotopic (exact) mass is 146 g/mol. The van der Waals surface area contributed by atoms with Crippen molar-refractivity contribution in [3.05, 3.63) is 12.0 Å². The highest BCUT2D eigenvalue weighted by Crippen LogP contribution is 1.91. The van der Waals surface area contributed by atoms with Gasteiger partial charge in [0, 0.05) is 13.2 Å². The van der Waals surface area contributed by atoms with Gasteiger partial charge in [-0.25, -0.2) is 0 Å². The molecule has 0 radical (unpaired) electrons. The van der Waals surface area contributed by atoms with Crippen LogP contribution in [0.25, 0.3) is 0 Å². The van der Waals surface area contributed by atoms with Gasteiger partial charge < -0.3 is 5.32 Å². The summed E-state index contributed by atoms with van der Waals surface area (Å²) in [5.74, 6) is -2.08. The van der Waals surface area contributed by atoms with E-state index in [0.29, 0.717) is 0 Å². The lowest BCUT2D eigenvalue weighted by atomic mass is 10.5. The molecule has 0 fully saturated rings. The van der Waals surface area contributed by atoms with Gasteiger partial charge in [0.2, 0.25) is 12.2 Å². The SMILES string of the molecule is CNC=C(F)C(=O)NC=O. The third kappa shape index (κ3) is 2.81. The maximum atomic E-state index is 12.2. The first-order chi connectivity index (χ1) is 4.72. The molecule has 0 aromatic carbocycles. The minimum atomic E-state index is -1.05. The third-order valence-corrected chi connectivity index (χ3v) is 0.678. The molecule has 0 bridgehead atoms. The fraction of sp³-hybridized carbons (Fsp3) is 0.200. The Morgan fingerprint density at radius 3 is 2.60 bits per heavy atom. The van der Waals surface area contributed by atoms with E-state index >= 15 is 0 Å². The van der Waals surface area contributed by atoms with Crippen molar-refractivity contribution in [1.29, 1.82) is 0 Å².